The highest BCUT2D eigenvalue weighted by Crippen LogP contribution is 2.14. The Bertz CT molecular complexity index is 222. The van der Waals surface area contributed by atoms with Gasteiger partial charge in [-0.3, -0.25) is 4.68 Å². The predicted octanol–water partition coefficient (Wildman–Crippen LogP) is 1.33. The van der Waals surface area contributed by atoms with Gasteiger partial charge in [0.1, 0.15) is 4.60 Å². The summed E-state index contributed by atoms with van der Waals surface area (Å²) < 4.78 is 7.68. The molecule has 0 atom stereocenters. The quantitative estimate of drug-likeness (QED) is 0.728. The van der Waals surface area contributed by atoms with Crippen molar-refractivity contribution >= 4 is 15.9 Å². The Hall–Kier alpha value is -0.350. The summed E-state index contributed by atoms with van der Waals surface area (Å²) in [5.41, 5.74) is 1.07. The van der Waals surface area contributed by atoms with Crippen LogP contribution < -0.4 is 0 Å². The molecule has 0 N–H and O–H groups in total. The van der Waals surface area contributed by atoms with E-state index in [1.165, 1.54) is 0 Å². The summed E-state index contributed by atoms with van der Waals surface area (Å²) in [6.45, 7) is 0.606. The molecule has 0 aliphatic rings. The minimum Gasteiger partial charge on any atom is -0.380 e. The lowest BCUT2D eigenvalue weighted by Gasteiger charge is -1.95. The molecule has 0 spiro atoms. The Kier molecular flexibility index (Phi) is 2.45. The third-order valence-electron chi connectivity index (χ3n) is 1.24. The summed E-state index contributed by atoms with van der Waals surface area (Å²) in [5.74, 6) is 0. The van der Waals surface area contributed by atoms with Gasteiger partial charge in [0.2, 0.25) is 0 Å². The number of aromatic nitrogens is 2. The van der Waals surface area contributed by atoms with Crippen LogP contribution in [0, 0.1) is 0 Å². The van der Waals surface area contributed by atoms with Crippen molar-refractivity contribution in [2.45, 2.75) is 6.61 Å². The third kappa shape index (κ3) is 1.38. The van der Waals surface area contributed by atoms with Crippen molar-refractivity contribution in [2.75, 3.05) is 7.11 Å². The van der Waals surface area contributed by atoms with Gasteiger partial charge in [0.25, 0.3) is 0 Å². The molecule has 0 aliphatic carbocycles. The van der Waals surface area contributed by atoms with Crippen LogP contribution in [0.1, 0.15) is 5.56 Å². The molecule has 3 nitrogen and oxygen atoms in total. The standard InChI is InChI=1S/C6H9BrN2O/c1-9-6(7)5(3-8-9)4-10-2/h3H,4H2,1-2H3. The van der Waals surface area contributed by atoms with E-state index in [-0.39, 0.29) is 0 Å². The lowest BCUT2D eigenvalue weighted by Crippen LogP contribution is -1.90. The molecule has 0 radical (unpaired) electrons. The van der Waals surface area contributed by atoms with Crippen molar-refractivity contribution < 1.29 is 4.74 Å². The van der Waals surface area contributed by atoms with Gasteiger partial charge in [0, 0.05) is 19.7 Å². The van der Waals surface area contributed by atoms with E-state index in [1.54, 1.807) is 18.0 Å². The molecule has 0 unspecified atom stereocenters. The van der Waals surface area contributed by atoms with Gasteiger partial charge in [-0.25, -0.2) is 0 Å². The van der Waals surface area contributed by atoms with E-state index >= 15 is 0 Å². The maximum atomic E-state index is 4.94. The van der Waals surface area contributed by atoms with Crippen molar-refractivity contribution in [1.29, 1.82) is 0 Å². The van der Waals surface area contributed by atoms with Crippen LogP contribution in [-0.2, 0) is 18.4 Å². The van der Waals surface area contributed by atoms with E-state index in [2.05, 4.69) is 21.0 Å². The summed E-state index contributed by atoms with van der Waals surface area (Å²) in [6.07, 6.45) is 1.79. The SMILES string of the molecule is COCc1cnn(C)c1Br. The first-order chi connectivity index (χ1) is 4.75. The summed E-state index contributed by atoms with van der Waals surface area (Å²) in [5, 5.41) is 4.02. The highest BCUT2D eigenvalue weighted by molar-refractivity contribution is 9.10. The second-order valence-electron chi connectivity index (χ2n) is 2.02. The summed E-state index contributed by atoms with van der Waals surface area (Å²) >= 11 is 3.37. The molecule has 0 aliphatic heterocycles. The Balaban J connectivity index is 2.83. The zero-order valence-corrected chi connectivity index (χ0v) is 7.55. The minimum atomic E-state index is 0.606. The van der Waals surface area contributed by atoms with Crippen LogP contribution in [0.5, 0.6) is 0 Å². The molecule has 0 saturated carbocycles. The van der Waals surface area contributed by atoms with Gasteiger partial charge in [0.15, 0.2) is 0 Å². The Morgan fingerprint density at radius 3 is 2.90 bits per heavy atom. The first-order valence-electron chi connectivity index (χ1n) is 2.91. The van der Waals surface area contributed by atoms with Crippen LogP contribution in [-0.4, -0.2) is 16.9 Å². The molecule has 1 aromatic rings. The first-order valence-corrected chi connectivity index (χ1v) is 3.70. The molecular formula is C6H9BrN2O. The van der Waals surface area contributed by atoms with Crippen molar-refractivity contribution in [1.82, 2.24) is 9.78 Å². The maximum absolute atomic E-state index is 4.94. The highest BCUT2D eigenvalue weighted by atomic mass is 79.9. The average Bonchev–Trinajstić information content (AvgIpc) is 2.20. The minimum absolute atomic E-state index is 0.606. The number of methoxy groups -OCH3 is 1. The molecule has 0 fully saturated rings. The number of ether oxygens (including phenoxy) is 1. The second kappa shape index (κ2) is 3.16. The van der Waals surface area contributed by atoms with Gasteiger partial charge in [-0.1, -0.05) is 0 Å². The first kappa shape index (κ1) is 7.75. The Labute approximate surface area is 68.1 Å². The van der Waals surface area contributed by atoms with Crippen molar-refractivity contribution in [2.24, 2.45) is 7.05 Å². The molecular weight excluding hydrogens is 196 g/mol. The van der Waals surface area contributed by atoms with E-state index in [9.17, 15) is 0 Å². The number of nitrogens with zero attached hydrogens (tertiary/aromatic N) is 2. The lowest BCUT2D eigenvalue weighted by molar-refractivity contribution is 0.184. The topological polar surface area (TPSA) is 27.1 Å². The van der Waals surface area contributed by atoms with Crippen LogP contribution in [0.4, 0.5) is 0 Å². The van der Waals surface area contributed by atoms with Crippen LogP contribution in [0.15, 0.2) is 10.8 Å². The second-order valence-corrected chi connectivity index (χ2v) is 2.77. The lowest BCUT2D eigenvalue weighted by atomic mass is 10.4. The summed E-state index contributed by atoms with van der Waals surface area (Å²) in [4.78, 5) is 0. The fourth-order valence-electron chi connectivity index (χ4n) is 0.720. The van der Waals surface area contributed by atoms with Crippen LogP contribution in [0.3, 0.4) is 0 Å². The Morgan fingerprint density at radius 1 is 1.80 bits per heavy atom. The zero-order chi connectivity index (χ0) is 7.56. The van der Waals surface area contributed by atoms with Crippen molar-refractivity contribution in [3.05, 3.63) is 16.4 Å². The molecule has 1 aromatic heterocycles. The fraction of sp³-hybridized carbons (Fsp3) is 0.500. The van der Waals surface area contributed by atoms with Gasteiger partial charge in [-0.2, -0.15) is 5.10 Å². The molecule has 10 heavy (non-hydrogen) atoms. The van der Waals surface area contributed by atoms with E-state index in [4.69, 9.17) is 4.74 Å². The van der Waals surface area contributed by atoms with E-state index in [0.29, 0.717) is 6.61 Å². The van der Waals surface area contributed by atoms with Gasteiger partial charge < -0.3 is 4.74 Å². The summed E-state index contributed by atoms with van der Waals surface area (Å²) in [7, 11) is 3.54. The van der Waals surface area contributed by atoms with Crippen molar-refractivity contribution in [3.8, 4) is 0 Å². The van der Waals surface area contributed by atoms with E-state index < -0.39 is 0 Å². The Morgan fingerprint density at radius 2 is 2.50 bits per heavy atom. The normalized spacial score (nSPS) is 10.3. The predicted molar refractivity (Wildman–Crippen MR) is 41.6 cm³/mol. The van der Waals surface area contributed by atoms with E-state index in [0.717, 1.165) is 10.2 Å². The molecule has 0 bridgehead atoms. The van der Waals surface area contributed by atoms with E-state index in [1.807, 2.05) is 7.05 Å². The zero-order valence-electron chi connectivity index (χ0n) is 5.97. The van der Waals surface area contributed by atoms with Gasteiger partial charge >= 0.3 is 0 Å². The van der Waals surface area contributed by atoms with Crippen LogP contribution in [0.2, 0.25) is 0 Å². The highest BCUT2D eigenvalue weighted by Gasteiger charge is 2.02. The fourth-order valence-corrected chi connectivity index (χ4v) is 1.03. The number of hydrogen-bond donors (Lipinski definition) is 0. The van der Waals surface area contributed by atoms with Crippen molar-refractivity contribution in [3.63, 3.8) is 0 Å². The number of rotatable bonds is 2. The van der Waals surface area contributed by atoms with Gasteiger partial charge in [0.05, 0.1) is 12.8 Å². The smallest absolute Gasteiger partial charge is 0.109 e. The van der Waals surface area contributed by atoms with Gasteiger partial charge in [-0.15, -0.1) is 0 Å². The van der Waals surface area contributed by atoms with Crippen LogP contribution in [0.25, 0.3) is 0 Å². The maximum Gasteiger partial charge on any atom is 0.109 e. The molecule has 0 amide bonds. The number of aryl methyl sites for hydroxylation is 1. The average molecular weight is 205 g/mol. The number of halogens is 1. The monoisotopic (exact) mass is 204 g/mol. The molecule has 4 heteroatoms. The van der Waals surface area contributed by atoms with Crippen LogP contribution >= 0.6 is 15.9 Å². The molecule has 0 saturated heterocycles. The largest absolute Gasteiger partial charge is 0.380 e. The third-order valence-corrected chi connectivity index (χ3v) is 2.26. The molecule has 0 aromatic carbocycles. The molecule has 1 rings (SSSR count). The number of hydrogen-bond acceptors (Lipinski definition) is 2. The van der Waals surface area contributed by atoms with Gasteiger partial charge in [-0.05, 0) is 15.9 Å². The molecule has 1 heterocycles. The summed E-state index contributed by atoms with van der Waals surface area (Å²) in [6, 6.07) is 0. The molecule has 56 valence electrons.